The molecule has 0 unspecified atom stereocenters. The number of hydrogen-bond donors (Lipinski definition) is 9. The predicted octanol–water partition coefficient (Wildman–Crippen LogP) is -4.37. The van der Waals surface area contributed by atoms with Crippen LogP contribution in [0.4, 0.5) is 0 Å². The van der Waals surface area contributed by atoms with Gasteiger partial charge in [-0.15, -0.1) is 0 Å². The zero-order chi connectivity index (χ0) is 47.7. The molecule has 0 aliphatic carbocycles. The SMILES string of the molecule is CC(C)C[C@H](NC(=O)[C@H]1O[C@@H]1C(=O)N[C@H](CC(C)C)C(=O)N1CCC[C@H]1C(=O)O)C(=O)NCC(=O)NNC(=O)CN1CCN(CC(=O)O)CCN(CC(=O)O)CCN(CC(=O)O)CC1.[Gd+3]. The van der Waals surface area contributed by atoms with E-state index < -0.39 is 96.2 Å². The number of carbonyl (C=O) groups is 10. The molecule has 0 aromatic heterocycles. The molecule has 0 aromatic carbocycles. The van der Waals surface area contributed by atoms with Gasteiger partial charge in [-0.25, -0.2) is 4.79 Å². The minimum absolute atomic E-state index is 0. The van der Waals surface area contributed by atoms with Gasteiger partial charge < -0.3 is 46.0 Å². The Morgan fingerprint density at radius 2 is 0.969 bits per heavy atom. The van der Waals surface area contributed by atoms with Crippen LogP contribution in [0.5, 0.6) is 0 Å². The van der Waals surface area contributed by atoms with Gasteiger partial charge in [0, 0.05) is 58.9 Å². The van der Waals surface area contributed by atoms with Gasteiger partial charge in [-0.1, -0.05) is 27.7 Å². The van der Waals surface area contributed by atoms with Crippen molar-refractivity contribution in [3.63, 3.8) is 0 Å². The number of likely N-dealkylation sites (tertiary alicyclic amines) is 1. The van der Waals surface area contributed by atoms with Gasteiger partial charge in [-0.05, 0) is 37.5 Å². The number of nitrogens with zero attached hydrogens (tertiary/aromatic N) is 5. The molecule has 25 nitrogen and oxygen atoms in total. The van der Waals surface area contributed by atoms with E-state index in [1.807, 2.05) is 13.8 Å². The minimum atomic E-state index is -1.28. The average molecular weight is 1070 g/mol. The van der Waals surface area contributed by atoms with E-state index in [1.54, 1.807) is 33.4 Å². The smallest absolute Gasteiger partial charge is 0.480 e. The molecule has 3 rings (SSSR count). The van der Waals surface area contributed by atoms with Crippen LogP contribution in [0.25, 0.3) is 0 Å². The van der Waals surface area contributed by atoms with Gasteiger partial charge in [0.05, 0.1) is 32.7 Å². The molecule has 9 N–H and O–H groups in total. The van der Waals surface area contributed by atoms with Gasteiger partial charge in [-0.3, -0.25) is 73.6 Å². The molecule has 0 aromatic rings. The first-order valence-electron chi connectivity index (χ1n) is 21.3. The summed E-state index contributed by atoms with van der Waals surface area (Å²) < 4.78 is 5.34. The Bertz CT molecular complexity index is 1680. The van der Waals surface area contributed by atoms with Crippen LogP contribution in [0.3, 0.4) is 0 Å². The van der Waals surface area contributed by atoms with Gasteiger partial charge in [0.1, 0.15) is 18.1 Å². The van der Waals surface area contributed by atoms with Gasteiger partial charge in [-0.2, -0.15) is 0 Å². The van der Waals surface area contributed by atoms with Crippen LogP contribution in [-0.2, 0) is 52.7 Å². The minimum Gasteiger partial charge on any atom is -0.480 e. The van der Waals surface area contributed by atoms with Crippen molar-refractivity contribution in [3.05, 3.63) is 0 Å². The Morgan fingerprint density at radius 1 is 0.569 bits per heavy atom. The van der Waals surface area contributed by atoms with Crippen LogP contribution in [-0.4, -0.2) is 226 Å². The Balaban J connectivity index is 0.0000145. The predicted molar refractivity (Wildman–Crippen MR) is 222 cm³/mol. The fraction of sp³-hybridized carbons (Fsp3) is 0.744. The first-order chi connectivity index (χ1) is 30.1. The van der Waals surface area contributed by atoms with Gasteiger partial charge in [0.2, 0.25) is 11.8 Å². The molecule has 65 heavy (non-hydrogen) atoms. The molecule has 3 fully saturated rings. The van der Waals surface area contributed by atoms with Crippen molar-refractivity contribution in [2.45, 2.75) is 83.7 Å². The van der Waals surface area contributed by atoms with Crippen molar-refractivity contribution in [1.82, 2.24) is 51.3 Å². The summed E-state index contributed by atoms with van der Waals surface area (Å²) in [4.78, 5) is 132. The zero-order valence-corrected chi connectivity index (χ0v) is 39.4. The number of hydrogen-bond acceptors (Lipinski definition) is 15. The van der Waals surface area contributed by atoms with Crippen molar-refractivity contribution in [1.29, 1.82) is 0 Å². The molecular weight excluding hydrogens is 1010 g/mol. The quantitative estimate of drug-likeness (QED) is 0.0387. The third-order valence-corrected chi connectivity index (χ3v) is 10.6. The first kappa shape index (κ1) is 57.0. The van der Waals surface area contributed by atoms with E-state index in [2.05, 4.69) is 26.8 Å². The second-order valence-electron chi connectivity index (χ2n) is 17.0. The Labute approximate surface area is 408 Å². The first-order valence-corrected chi connectivity index (χ1v) is 21.3. The van der Waals surface area contributed by atoms with E-state index in [1.165, 1.54) is 4.90 Å². The van der Waals surface area contributed by atoms with Crippen LogP contribution in [0, 0.1) is 51.8 Å². The normalized spacial score (nSPS) is 21.1. The molecule has 3 aliphatic rings. The largest absolute Gasteiger partial charge is 3.00 e. The summed E-state index contributed by atoms with van der Waals surface area (Å²) in [5, 5.41) is 45.3. The molecule has 26 heteroatoms. The Kier molecular flexibility index (Phi) is 24.6. The van der Waals surface area contributed by atoms with Gasteiger partial charge >= 0.3 is 63.8 Å². The van der Waals surface area contributed by atoms with Crippen molar-refractivity contribution in [3.8, 4) is 0 Å². The number of amides is 6. The molecule has 3 aliphatic heterocycles. The van der Waals surface area contributed by atoms with E-state index in [0.29, 0.717) is 12.8 Å². The average Bonchev–Trinajstić information content (AvgIpc) is 3.86. The number of aliphatic carboxylic acids is 4. The fourth-order valence-corrected chi connectivity index (χ4v) is 7.40. The number of ether oxygens (including phenoxy) is 1. The maximum atomic E-state index is 13.3. The molecule has 5 atom stereocenters. The van der Waals surface area contributed by atoms with Crippen molar-refractivity contribution < 1.29 is 113 Å². The van der Waals surface area contributed by atoms with Crippen molar-refractivity contribution in [2.75, 3.05) is 91.6 Å². The van der Waals surface area contributed by atoms with E-state index in [9.17, 15) is 68.4 Å². The standard InChI is InChI=1S/C39H64N10O15.Gd/c1-23(2)16-25(41-36(59)33-34(64-33)37(60)42-26(17-24(3)4)38(61)49-7-5-6-27(49)39(62)63)35(58)40-18-28(50)43-44-29(51)19-45-8-10-46(20-30(52)53)12-14-48(22-32(56)57)15-13-47(11-9-45)21-31(54)55;/h23-27,33-34H,5-22H2,1-4H3,(H,40,58)(H,41,59)(H,42,60)(H,43,50)(H,44,51)(H,52,53)(H,54,55)(H,56,57)(H,62,63);/q;+3/t25-,26+,27-,33-,34-;/m0./s1. The number of nitrogens with one attached hydrogen (secondary N) is 5. The van der Waals surface area contributed by atoms with E-state index in [4.69, 9.17) is 4.74 Å². The van der Waals surface area contributed by atoms with Crippen LogP contribution in [0.2, 0.25) is 0 Å². The maximum Gasteiger partial charge on any atom is 3.00 e. The number of epoxide rings is 1. The molecule has 3 saturated heterocycles. The van der Waals surface area contributed by atoms with E-state index in [0.717, 1.165) is 0 Å². The maximum absolute atomic E-state index is 13.3. The van der Waals surface area contributed by atoms with Crippen LogP contribution >= 0.6 is 0 Å². The van der Waals surface area contributed by atoms with Crippen LogP contribution < -0.4 is 26.8 Å². The van der Waals surface area contributed by atoms with Crippen LogP contribution in [0.15, 0.2) is 0 Å². The van der Waals surface area contributed by atoms with E-state index >= 15 is 0 Å². The van der Waals surface area contributed by atoms with Gasteiger partial charge in [0.15, 0.2) is 12.2 Å². The molecule has 1 radical (unpaired) electrons. The number of carboxylic acid groups (broad SMARTS) is 4. The summed E-state index contributed by atoms with van der Waals surface area (Å²) in [6.45, 7) is 7.02. The van der Waals surface area contributed by atoms with Crippen molar-refractivity contribution >= 4 is 59.3 Å². The number of hydrazine groups is 1. The second-order valence-corrected chi connectivity index (χ2v) is 17.0. The molecule has 0 spiro atoms. The summed E-state index contributed by atoms with van der Waals surface area (Å²) in [6.07, 6.45) is -1.39. The van der Waals surface area contributed by atoms with E-state index in [-0.39, 0.29) is 150 Å². The summed E-state index contributed by atoms with van der Waals surface area (Å²) in [5.41, 5.74) is 4.45. The fourth-order valence-electron chi connectivity index (χ4n) is 7.40. The number of carboxylic acids is 4. The molecular formula is C39H64GdN10O15+3. The zero-order valence-electron chi connectivity index (χ0n) is 37.1. The summed E-state index contributed by atoms with van der Waals surface area (Å²) >= 11 is 0. The van der Waals surface area contributed by atoms with Crippen molar-refractivity contribution in [2.24, 2.45) is 11.8 Å². The molecule has 3 heterocycles. The second kappa shape index (κ2) is 28.1. The molecule has 0 bridgehead atoms. The van der Waals surface area contributed by atoms with Gasteiger partial charge in [0.25, 0.3) is 23.6 Å². The topological polar surface area (TPSA) is 341 Å². The summed E-state index contributed by atoms with van der Waals surface area (Å²) in [5.74, 6) is -8.91. The third kappa shape index (κ3) is 20.9. The Hall–Kier alpha value is -4.18. The number of rotatable bonds is 21. The van der Waals surface area contributed by atoms with Crippen LogP contribution in [0.1, 0.15) is 53.4 Å². The monoisotopic (exact) mass is 1070 g/mol. The summed E-state index contributed by atoms with van der Waals surface area (Å²) in [7, 11) is 0. The number of carbonyl (C=O) groups excluding carboxylic acids is 6. The Morgan fingerprint density at radius 3 is 1.38 bits per heavy atom. The molecule has 6 amide bonds. The summed E-state index contributed by atoms with van der Waals surface area (Å²) in [6, 6.07) is -3.20. The molecule has 0 saturated carbocycles. The molecule has 365 valence electrons. The third-order valence-electron chi connectivity index (χ3n) is 10.6.